The van der Waals surface area contributed by atoms with E-state index >= 15 is 0 Å². The van der Waals surface area contributed by atoms with Crippen LogP contribution in [0.1, 0.15) is 16.7 Å². The predicted octanol–water partition coefficient (Wildman–Crippen LogP) is 6.65. The molecule has 0 atom stereocenters. The number of rotatable bonds is 7. The van der Waals surface area contributed by atoms with Crippen LogP contribution in [-0.4, -0.2) is 28.1 Å². The topological polar surface area (TPSA) is 99.0 Å². The molecule has 0 saturated carbocycles. The van der Waals surface area contributed by atoms with Crippen molar-refractivity contribution in [1.82, 2.24) is 4.90 Å². The molecule has 12 heteroatoms. The van der Waals surface area contributed by atoms with Crippen molar-refractivity contribution in [3.63, 3.8) is 0 Å². The molecular weight excluding hydrogens is 513 g/mol. The monoisotopic (exact) mass is 530 g/mol. The third kappa shape index (κ3) is 5.75. The van der Waals surface area contributed by atoms with Gasteiger partial charge < -0.3 is 9.47 Å². The zero-order valence-electron chi connectivity index (χ0n) is 19.0. The Labute approximate surface area is 212 Å². The Bertz CT molecular complexity index is 1410. The average molecular weight is 530 g/mol. The minimum absolute atomic E-state index is 0.000286. The zero-order chi connectivity index (χ0) is 26.7. The summed E-state index contributed by atoms with van der Waals surface area (Å²) in [5.41, 5.74) is -0.786. The van der Waals surface area contributed by atoms with Gasteiger partial charge in [0.2, 0.25) is 5.75 Å². The molecule has 2 amide bonds. The van der Waals surface area contributed by atoms with Crippen molar-refractivity contribution in [2.45, 2.75) is 12.7 Å². The summed E-state index contributed by atoms with van der Waals surface area (Å²) in [6, 6.07) is 15.3. The summed E-state index contributed by atoms with van der Waals surface area (Å²) >= 11 is 0.784. The number of benzene rings is 3. The maximum Gasteiger partial charge on any atom is 0.416 e. The number of nitrogens with zero attached hydrogens (tertiary/aromatic N) is 2. The second kappa shape index (κ2) is 10.3. The minimum atomic E-state index is -4.76. The fourth-order valence-electron chi connectivity index (χ4n) is 3.45. The van der Waals surface area contributed by atoms with Crippen LogP contribution in [-0.2, 0) is 17.5 Å². The average Bonchev–Trinajstić information content (AvgIpc) is 3.12. The van der Waals surface area contributed by atoms with E-state index in [-0.39, 0.29) is 22.9 Å². The summed E-state index contributed by atoms with van der Waals surface area (Å²) in [5, 5.41) is 10.9. The second-order valence-electron chi connectivity index (χ2n) is 7.70. The maximum absolute atomic E-state index is 13.0. The first-order chi connectivity index (χ1) is 17.6. The van der Waals surface area contributed by atoms with Crippen LogP contribution in [0, 0.1) is 10.1 Å². The molecule has 0 aromatic heterocycles. The Hall–Kier alpha value is -4.32. The molecule has 1 fully saturated rings. The largest absolute Gasteiger partial charge is 0.493 e. The number of nitro benzene ring substituents is 1. The van der Waals surface area contributed by atoms with Gasteiger partial charge in [0.05, 0.1) is 29.0 Å². The quantitative estimate of drug-likeness (QED) is 0.192. The van der Waals surface area contributed by atoms with Crippen molar-refractivity contribution in [1.29, 1.82) is 0 Å². The SMILES string of the molecule is COc1cc(/C=C2/SC(=O)N(Cc3ccccc3)C2=O)ccc1Oc1ccc(C(F)(F)F)cc1[N+](=O)[O-]. The molecule has 0 spiro atoms. The molecule has 1 saturated heterocycles. The summed E-state index contributed by atoms with van der Waals surface area (Å²) < 4.78 is 49.7. The van der Waals surface area contributed by atoms with Crippen molar-refractivity contribution >= 4 is 34.7 Å². The van der Waals surface area contributed by atoms with Gasteiger partial charge in [0.1, 0.15) is 0 Å². The number of methoxy groups -OCH3 is 1. The number of imide groups is 1. The van der Waals surface area contributed by atoms with E-state index in [2.05, 4.69) is 0 Å². The Balaban J connectivity index is 1.58. The van der Waals surface area contributed by atoms with E-state index in [0.717, 1.165) is 28.3 Å². The highest BCUT2D eigenvalue weighted by Crippen LogP contribution is 2.41. The number of hydrogen-bond donors (Lipinski definition) is 0. The standard InChI is InChI=1S/C25H17F3N2O6S/c1-35-21-11-16(12-22-23(31)29(24(32)37-22)14-15-5-3-2-4-6-15)7-9-20(21)36-19-10-8-17(25(26,27)28)13-18(19)30(33)34/h2-13H,14H2,1H3/b22-12+. The van der Waals surface area contributed by atoms with Crippen LogP contribution in [0.3, 0.4) is 0 Å². The highest BCUT2D eigenvalue weighted by molar-refractivity contribution is 8.18. The van der Waals surface area contributed by atoms with Gasteiger partial charge in [-0.25, -0.2) is 0 Å². The first-order valence-electron chi connectivity index (χ1n) is 10.6. The number of carbonyl (C=O) groups excluding carboxylic acids is 2. The van der Waals surface area contributed by atoms with Gasteiger partial charge in [0.15, 0.2) is 11.5 Å². The van der Waals surface area contributed by atoms with E-state index in [1.54, 1.807) is 24.3 Å². The van der Waals surface area contributed by atoms with Crippen LogP contribution in [0.15, 0.2) is 71.6 Å². The van der Waals surface area contributed by atoms with Gasteiger partial charge in [-0.1, -0.05) is 36.4 Å². The molecule has 0 bridgehead atoms. The van der Waals surface area contributed by atoms with E-state index in [1.807, 2.05) is 6.07 Å². The second-order valence-corrected chi connectivity index (χ2v) is 8.70. The Kier molecular flexibility index (Phi) is 7.21. The molecule has 0 N–H and O–H groups in total. The fourth-order valence-corrected chi connectivity index (χ4v) is 4.29. The molecule has 0 aliphatic carbocycles. The molecule has 0 radical (unpaired) electrons. The molecule has 8 nitrogen and oxygen atoms in total. The molecule has 190 valence electrons. The summed E-state index contributed by atoms with van der Waals surface area (Å²) in [7, 11) is 1.31. The third-order valence-corrected chi connectivity index (χ3v) is 6.15. The molecule has 1 aliphatic rings. The van der Waals surface area contributed by atoms with Crippen LogP contribution in [0.4, 0.5) is 23.7 Å². The van der Waals surface area contributed by atoms with E-state index in [9.17, 15) is 32.9 Å². The lowest BCUT2D eigenvalue weighted by molar-refractivity contribution is -0.385. The lowest BCUT2D eigenvalue weighted by Gasteiger charge is -2.13. The number of hydrogen-bond acceptors (Lipinski definition) is 7. The normalized spacial score (nSPS) is 14.8. The first-order valence-corrected chi connectivity index (χ1v) is 11.4. The van der Waals surface area contributed by atoms with Crippen LogP contribution in [0.5, 0.6) is 17.2 Å². The van der Waals surface area contributed by atoms with Crippen molar-refractivity contribution in [2.75, 3.05) is 7.11 Å². The summed E-state index contributed by atoms with van der Waals surface area (Å²) in [6.07, 6.45) is -3.27. The van der Waals surface area contributed by atoms with Gasteiger partial charge in [-0.2, -0.15) is 13.2 Å². The number of halogens is 3. The van der Waals surface area contributed by atoms with E-state index in [0.29, 0.717) is 17.7 Å². The molecule has 4 rings (SSSR count). The predicted molar refractivity (Wildman–Crippen MR) is 129 cm³/mol. The zero-order valence-corrected chi connectivity index (χ0v) is 19.8. The third-order valence-electron chi connectivity index (χ3n) is 5.25. The van der Waals surface area contributed by atoms with E-state index in [1.165, 1.54) is 31.4 Å². The molecule has 0 unspecified atom stereocenters. The number of alkyl halides is 3. The van der Waals surface area contributed by atoms with Gasteiger partial charge in [-0.15, -0.1) is 0 Å². The summed E-state index contributed by atoms with van der Waals surface area (Å²) in [6.45, 7) is 0.130. The smallest absolute Gasteiger partial charge is 0.416 e. The van der Waals surface area contributed by atoms with Crippen LogP contribution in [0.25, 0.3) is 6.08 Å². The summed E-state index contributed by atoms with van der Waals surface area (Å²) in [4.78, 5) is 36.9. The summed E-state index contributed by atoms with van der Waals surface area (Å²) in [5.74, 6) is -0.768. The number of carbonyl (C=O) groups is 2. The van der Waals surface area contributed by atoms with Crippen molar-refractivity contribution < 1.29 is 37.2 Å². The van der Waals surface area contributed by atoms with Gasteiger partial charge in [-0.05, 0) is 53.2 Å². The van der Waals surface area contributed by atoms with Gasteiger partial charge in [0.25, 0.3) is 11.1 Å². The number of thioether (sulfide) groups is 1. The molecule has 37 heavy (non-hydrogen) atoms. The van der Waals surface area contributed by atoms with Gasteiger partial charge in [0, 0.05) is 6.07 Å². The number of nitro groups is 1. The van der Waals surface area contributed by atoms with Crippen LogP contribution < -0.4 is 9.47 Å². The Morgan fingerprint density at radius 2 is 1.70 bits per heavy atom. The van der Waals surface area contributed by atoms with Crippen LogP contribution in [0.2, 0.25) is 0 Å². The highest BCUT2D eigenvalue weighted by Gasteiger charge is 2.35. The van der Waals surface area contributed by atoms with Crippen molar-refractivity contribution in [2.24, 2.45) is 0 Å². The van der Waals surface area contributed by atoms with Crippen molar-refractivity contribution in [3.05, 3.63) is 98.4 Å². The van der Waals surface area contributed by atoms with Crippen molar-refractivity contribution in [3.8, 4) is 17.2 Å². The molecule has 1 aliphatic heterocycles. The number of ether oxygens (including phenoxy) is 2. The Morgan fingerprint density at radius 3 is 2.35 bits per heavy atom. The van der Waals surface area contributed by atoms with E-state index in [4.69, 9.17) is 9.47 Å². The minimum Gasteiger partial charge on any atom is -0.493 e. The van der Waals surface area contributed by atoms with Crippen LogP contribution >= 0.6 is 11.8 Å². The molecule has 3 aromatic carbocycles. The van der Waals surface area contributed by atoms with Gasteiger partial charge in [-0.3, -0.25) is 24.6 Å². The lowest BCUT2D eigenvalue weighted by atomic mass is 10.1. The molecule has 3 aromatic rings. The number of amides is 2. The lowest BCUT2D eigenvalue weighted by Crippen LogP contribution is -2.27. The van der Waals surface area contributed by atoms with Gasteiger partial charge >= 0.3 is 11.9 Å². The fraction of sp³-hybridized carbons (Fsp3) is 0.120. The molecule has 1 heterocycles. The van der Waals surface area contributed by atoms with E-state index < -0.39 is 39.2 Å². The highest BCUT2D eigenvalue weighted by atomic mass is 32.2. The first kappa shape index (κ1) is 25.8. The molecular formula is C25H17F3N2O6S. The maximum atomic E-state index is 13.0. The Morgan fingerprint density at radius 1 is 1.00 bits per heavy atom.